The van der Waals surface area contributed by atoms with Crippen LogP contribution in [0.25, 0.3) is 0 Å². The predicted octanol–water partition coefficient (Wildman–Crippen LogP) is 3.12. The van der Waals surface area contributed by atoms with E-state index in [1.165, 1.54) is 5.56 Å². The molecule has 2 N–H and O–H groups in total. The standard InChI is InChI=1S/C26H30N4O4/c31-25(32)24(15-23-16-29(19-27-23)13-11-20-7-3-1-4-8-20)30-14-12-22(17-30)28-26(33)34-18-21-9-5-2-6-10-21/h1-10,16,19,22,24H,11-15,17-18H2,(H,28,33)(H,31,32)/t22-,24-/m0/s1. The summed E-state index contributed by atoms with van der Waals surface area (Å²) in [4.78, 5) is 30.5. The van der Waals surface area contributed by atoms with Gasteiger partial charge in [0.1, 0.15) is 12.6 Å². The fraction of sp³-hybridized carbons (Fsp3) is 0.346. The van der Waals surface area contributed by atoms with Crippen molar-refractivity contribution in [2.75, 3.05) is 13.1 Å². The van der Waals surface area contributed by atoms with Crippen molar-refractivity contribution in [1.82, 2.24) is 19.8 Å². The molecule has 1 aromatic heterocycles. The number of likely N-dealkylation sites (tertiary alicyclic amines) is 1. The Kier molecular flexibility index (Phi) is 7.93. The summed E-state index contributed by atoms with van der Waals surface area (Å²) in [6.07, 6.45) is 5.08. The minimum atomic E-state index is -0.883. The normalized spacial score (nSPS) is 16.8. The highest BCUT2D eigenvalue weighted by Gasteiger charge is 2.33. The van der Waals surface area contributed by atoms with Crippen molar-refractivity contribution in [3.8, 4) is 0 Å². The number of alkyl carbamates (subject to hydrolysis) is 1. The Balaban J connectivity index is 1.25. The minimum absolute atomic E-state index is 0.145. The number of benzene rings is 2. The lowest BCUT2D eigenvalue weighted by molar-refractivity contribution is -0.142. The fourth-order valence-electron chi connectivity index (χ4n) is 4.23. The molecular weight excluding hydrogens is 432 g/mol. The molecule has 0 saturated carbocycles. The van der Waals surface area contributed by atoms with Crippen molar-refractivity contribution in [1.29, 1.82) is 0 Å². The van der Waals surface area contributed by atoms with Gasteiger partial charge in [-0.15, -0.1) is 0 Å². The molecule has 34 heavy (non-hydrogen) atoms. The molecule has 3 aromatic rings. The summed E-state index contributed by atoms with van der Waals surface area (Å²) in [5.41, 5.74) is 2.91. The Morgan fingerprint density at radius 3 is 2.50 bits per heavy atom. The van der Waals surface area contributed by atoms with E-state index in [-0.39, 0.29) is 12.6 Å². The molecule has 4 rings (SSSR count). The van der Waals surface area contributed by atoms with Gasteiger partial charge in [-0.3, -0.25) is 9.69 Å². The van der Waals surface area contributed by atoms with Gasteiger partial charge in [0.25, 0.3) is 0 Å². The number of ether oxygens (including phenoxy) is 1. The lowest BCUT2D eigenvalue weighted by Gasteiger charge is -2.23. The largest absolute Gasteiger partial charge is 0.480 e. The number of carbonyl (C=O) groups excluding carboxylic acids is 1. The molecule has 8 nitrogen and oxygen atoms in total. The third-order valence-corrected chi connectivity index (χ3v) is 6.07. The molecule has 0 spiro atoms. The molecule has 2 atom stereocenters. The molecule has 0 bridgehead atoms. The highest BCUT2D eigenvalue weighted by molar-refractivity contribution is 5.74. The van der Waals surface area contributed by atoms with E-state index in [9.17, 15) is 14.7 Å². The maximum Gasteiger partial charge on any atom is 0.407 e. The number of nitrogens with zero attached hydrogens (tertiary/aromatic N) is 3. The van der Waals surface area contributed by atoms with E-state index >= 15 is 0 Å². The summed E-state index contributed by atoms with van der Waals surface area (Å²) >= 11 is 0. The van der Waals surface area contributed by atoms with Crippen LogP contribution in [0.3, 0.4) is 0 Å². The summed E-state index contributed by atoms with van der Waals surface area (Å²) in [6.45, 7) is 2.05. The lowest BCUT2D eigenvalue weighted by atomic mass is 10.1. The number of rotatable bonds is 10. The van der Waals surface area contributed by atoms with Gasteiger partial charge in [-0.1, -0.05) is 60.7 Å². The van der Waals surface area contributed by atoms with Gasteiger partial charge in [0.15, 0.2) is 0 Å². The predicted molar refractivity (Wildman–Crippen MR) is 127 cm³/mol. The van der Waals surface area contributed by atoms with Gasteiger partial charge >= 0.3 is 12.1 Å². The third kappa shape index (κ3) is 6.68. The van der Waals surface area contributed by atoms with E-state index in [2.05, 4.69) is 22.4 Å². The monoisotopic (exact) mass is 462 g/mol. The van der Waals surface area contributed by atoms with Gasteiger partial charge in [-0.2, -0.15) is 0 Å². The van der Waals surface area contributed by atoms with Gasteiger partial charge in [0, 0.05) is 38.3 Å². The van der Waals surface area contributed by atoms with Crippen molar-refractivity contribution in [2.24, 2.45) is 0 Å². The second-order valence-corrected chi connectivity index (χ2v) is 8.58. The van der Waals surface area contributed by atoms with Crippen molar-refractivity contribution < 1.29 is 19.4 Å². The summed E-state index contributed by atoms with van der Waals surface area (Å²) in [6, 6.07) is 18.9. The summed E-state index contributed by atoms with van der Waals surface area (Å²) < 4.78 is 7.29. The highest BCUT2D eigenvalue weighted by atomic mass is 16.5. The third-order valence-electron chi connectivity index (χ3n) is 6.07. The first-order valence-electron chi connectivity index (χ1n) is 11.6. The first-order chi connectivity index (χ1) is 16.6. The van der Waals surface area contributed by atoms with Gasteiger partial charge in [-0.05, 0) is 24.0 Å². The van der Waals surface area contributed by atoms with E-state index in [0.717, 1.165) is 24.2 Å². The molecule has 0 radical (unpaired) electrons. The topological polar surface area (TPSA) is 96.7 Å². The number of amides is 1. The minimum Gasteiger partial charge on any atom is -0.480 e. The summed E-state index contributed by atoms with van der Waals surface area (Å²) in [5.74, 6) is -0.883. The Morgan fingerprint density at radius 1 is 1.09 bits per heavy atom. The highest BCUT2D eigenvalue weighted by Crippen LogP contribution is 2.17. The van der Waals surface area contributed by atoms with Crippen LogP contribution in [0.2, 0.25) is 0 Å². The number of carbonyl (C=O) groups is 2. The zero-order valence-electron chi connectivity index (χ0n) is 19.0. The van der Waals surface area contributed by atoms with Gasteiger partial charge in [0.2, 0.25) is 0 Å². The zero-order valence-corrected chi connectivity index (χ0v) is 19.0. The number of aromatic nitrogens is 2. The maximum absolute atomic E-state index is 12.2. The first kappa shape index (κ1) is 23.5. The van der Waals surface area contributed by atoms with Crippen LogP contribution in [0.5, 0.6) is 0 Å². The molecule has 178 valence electrons. The SMILES string of the molecule is O=C(N[C@H]1CCN([C@@H](Cc2cn(CCc3ccccc3)cn2)C(=O)O)C1)OCc1ccccc1. The number of nitrogens with one attached hydrogen (secondary N) is 1. The Hall–Kier alpha value is -3.65. The molecule has 1 amide bonds. The van der Waals surface area contributed by atoms with E-state index < -0.39 is 18.1 Å². The van der Waals surface area contributed by atoms with Crippen molar-refractivity contribution in [3.05, 3.63) is 90.0 Å². The molecule has 0 unspecified atom stereocenters. The van der Waals surface area contributed by atoms with Crippen LogP contribution in [0.4, 0.5) is 4.79 Å². The Morgan fingerprint density at radius 2 is 1.79 bits per heavy atom. The average molecular weight is 463 g/mol. The van der Waals surface area contributed by atoms with Crippen molar-refractivity contribution in [3.63, 3.8) is 0 Å². The average Bonchev–Trinajstić information content (AvgIpc) is 3.50. The van der Waals surface area contributed by atoms with Crippen LogP contribution in [0.1, 0.15) is 23.2 Å². The van der Waals surface area contributed by atoms with E-state index in [0.29, 0.717) is 25.9 Å². The van der Waals surface area contributed by atoms with E-state index in [1.54, 1.807) is 6.33 Å². The van der Waals surface area contributed by atoms with Crippen molar-refractivity contribution >= 4 is 12.1 Å². The van der Waals surface area contributed by atoms with Crippen LogP contribution in [-0.2, 0) is 35.5 Å². The second kappa shape index (κ2) is 11.5. The van der Waals surface area contributed by atoms with Crippen LogP contribution < -0.4 is 5.32 Å². The van der Waals surface area contributed by atoms with E-state index in [4.69, 9.17) is 4.74 Å². The smallest absolute Gasteiger partial charge is 0.407 e. The molecule has 0 aliphatic carbocycles. The number of aliphatic carboxylic acids is 1. The van der Waals surface area contributed by atoms with Gasteiger partial charge in [-0.25, -0.2) is 9.78 Å². The van der Waals surface area contributed by atoms with Crippen LogP contribution in [0, 0.1) is 0 Å². The molecular formula is C26H30N4O4. The molecule has 2 aromatic carbocycles. The Bertz CT molecular complexity index is 1070. The van der Waals surface area contributed by atoms with Crippen molar-refractivity contribution in [2.45, 2.75) is 44.5 Å². The van der Waals surface area contributed by atoms with Crippen LogP contribution in [-0.4, -0.2) is 56.8 Å². The zero-order chi connectivity index (χ0) is 23.8. The number of carboxylic acids is 1. The van der Waals surface area contributed by atoms with Gasteiger partial charge < -0.3 is 19.7 Å². The molecule has 8 heteroatoms. The maximum atomic E-state index is 12.2. The molecule has 2 heterocycles. The number of hydrogen-bond donors (Lipinski definition) is 2. The number of carboxylic acid groups (broad SMARTS) is 1. The summed E-state index contributed by atoms with van der Waals surface area (Å²) in [7, 11) is 0. The van der Waals surface area contributed by atoms with Crippen LogP contribution in [0.15, 0.2) is 73.2 Å². The molecule has 1 aliphatic rings. The first-order valence-corrected chi connectivity index (χ1v) is 11.6. The van der Waals surface area contributed by atoms with Gasteiger partial charge in [0.05, 0.1) is 12.0 Å². The molecule has 1 saturated heterocycles. The fourth-order valence-corrected chi connectivity index (χ4v) is 4.23. The second-order valence-electron chi connectivity index (χ2n) is 8.58. The van der Waals surface area contributed by atoms with E-state index in [1.807, 2.05) is 64.2 Å². The molecule has 1 aliphatic heterocycles. The Labute approximate surface area is 199 Å². The quantitative estimate of drug-likeness (QED) is 0.481. The summed E-state index contributed by atoms with van der Waals surface area (Å²) in [5, 5.41) is 12.7. The number of hydrogen-bond acceptors (Lipinski definition) is 5. The number of imidazole rings is 1. The molecule has 1 fully saturated rings. The lowest BCUT2D eigenvalue weighted by Crippen LogP contribution is -2.44. The van der Waals surface area contributed by atoms with Crippen LogP contribution >= 0.6 is 0 Å². The number of aryl methyl sites for hydroxylation is 2.